The van der Waals surface area contributed by atoms with E-state index in [-0.39, 0.29) is 12.6 Å². The molecule has 0 aliphatic rings. The Morgan fingerprint density at radius 3 is 2.75 bits per heavy atom. The minimum atomic E-state index is -0.552. The van der Waals surface area contributed by atoms with Gasteiger partial charge in [-0.05, 0) is 53.4 Å². The van der Waals surface area contributed by atoms with Crippen molar-refractivity contribution in [2.75, 3.05) is 19.8 Å². The molecule has 0 aliphatic heterocycles. The molecule has 5 nitrogen and oxygen atoms in total. The van der Waals surface area contributed by atoms with Gasteiger partial charge in [0.2, 0.25) is 0 Å². The molecule has 0 aromatic heterocycles. The number of aliphatic hydroxyl groups is 1. The molecule has 1 rings (SSSR count). The quantitative estimate of drug-likeness (QED) is 0.557. The molecule has 24 heavy (non-hydrogen) atoms. The smallest absolute Gasteiger partial charge is 0.305 e. The van der Waals surface area contributed by atoms with E-state index in [4.69, 9.17) is 9.47 Å². The maximum Gasteiger partial charge on any atom is 0.305 e. The van der Waals surface area contributed by atoms with Gasteiger partial charge in [0.05, 0.1) is 11.1 Å². The van der Waals surface area contributed by atoms with Gasteiger partial charge in [-0.25, -0.2) is 0 Å². The number of halogens is 1. The van der Waals surface area contributed by atoms with Crippen LogP contribution >= 0.6 is 15.9 Å². The van der Waals surface area contributed by atoms with Crippen molar-refractivity contribution in [3.8, 4) is 5.75 Å². The van der Waals surface area contributed by atoms with Crippen molar-refractivity contribution in [1.82, 2.24) is 5.32 Å². The molecule has 0 aliphatic carbocycles. The zero-order valence-electron chi connectivity index (χ0n) is 14.7. The van der Waals surface area contributed by atoms with Gasteiger partial charge in [0.25, 0.3) is 0 Å². The molecule has 0 fully saturated rings. The first kappa shape index (κ1) is 20.9. The predicted octanol–water partition coefficient (Wildman–Crippen LogP) is 3.07. The molecule has 0 saturated carbocycles. The molecule has 0 radical (unpaired) electrons. The van der Waals surface area contributed by atoms with E-state index in [0.717, 1.165) is 22.9 Å². The summed E-state index contributed by atoms with van der Waals surface area (Å²) in [6.45, 7) is 7.04. The highest BCUT2D eigenvalue weighted by atomic mass is 79.9. The third kappa shape index (κ3) is 8.66. The summed E-state index contributed by atoms with van der Waals surface area (Å²) in [7, 11) is 0. The van der Waals surface area contributed by atoms with Crippen LogP contribution in [-0.2, 0) is 16.0 Å². The lowest BCUT2D eigenvalue weighted by atomic mass is 10.1. The van der Waals surface area contributed by atoms with Crippen LogP contribution in [-0.4, -0.2) is 43.0 Å². The van der Waals surface area contributed by atoms with Crippen LogP contribution in [0.4, 0.5) is 0 Å². The second-order valence-corrected chi connectivity index (χ2v) is 6.81. The molecule has 136 valence electrons. The summed E-state index contributed by atoms with van der Waals surface area (Å²) in [6.07, 6.45) is 1.44. The van der Waals surface area contributed by atoms with Crippen molar-refractivity contribution >= 4 is 21.9 Å². The van der Waals surface area contributed by atoms with E-state index in [9.17, 15) is 9.90 Å². The van der Waals surface area contributed by atoms with Crippen LogP contribution in [0.25, 0.3) is 0 Å². The van der Waals surface area contributed by atoms with Crippen molar-refractivity contribution in [2.45, 2.75) is 52.2 Å². The molecule has 0 spiro atoms. The van der Waals surface area contributed by atoms with E-state index in [1.165, 1.54) is 0 Å². The summed E-state index contributed by atoms with van der Waals surface area (Å²) in [5.74, 6) is 0.549. The summed E-state index contributed by atoms with van der Waals surface area (Å²) in [5.41, 5.74) is 1.13. The number of hydrogen-bond donors (Lipinski definition) is 2. The van der Waals surface area contributed by atoms with Gasteiger partial charge in [-0.2, -0.15) is 0 Å². The van der Waals surface area contributed by atoms with E-state index in [1.807, 2.05) is 39.0 Å². The molecule has 0 heterocycles. The number of carbonyl (C=O) groups excluding carboxylic acids is 1. The van der Waals surface area contributed by atoms with Crippen molar-refractivity contribution in [1.29, 1.82) is 0 Å². The number of benzene rings is 1. The van der Waals surface area contributed by atoms with Gasteiger partial charge in [0.1, 0.15) is 18.5 Å². The number of nitrogens with one attached hydrogen (secondary N) is 1. The second kappa shape index (κ2) is 11.4. The van der Waals surface area contributed by atoms with Crippen LogP contribution in [0.3, 0.4) is 0 Å². The number of aliphatic hydroxyl groups excluding tert-OH is 1. The van der Waals surface area contributed by atoms with Gasteiger partial charge in [0, 0.05) is 19.0 Å². The molecule has 0 saturated heterocycles. The Hall–Kier alpha value is -1.11. The van der Waals surface area contributed by atoms with E-state index in [1.54, 1.807) is 0 Å². The van der Waals surface area contributed by atoms with E-state index in [0.29, 0.717) is 31.4 Å². The van der Waals surface area contributed by atoms with Crippen molar-refractivity contribution in [3.05, 3.63) is 28.2 Å². The molecule has 6 heteroatoms. The number of hydrogen-bond acceptors (Lipinski definition) is 5. The summed E-state index contributed by atoms with van der Waals surface area (Å²) >= 11 is 3.49. The molecule has 0 amide bonds. The summed E-state index contributed by atoms with van der Waals surface area (Å²) in [5, 5.41) is 13.0. The fraction of sp³-hybridized carbons (Fsp3) is 0.611. The first-order valence-electron chi connectivity index (χ1n) is 8.40. The van der Waals surface area contributed by atoms with Gasteiger partial charge in [-0.3, -0.25) is 4.79 Å². The van der Waals surface area contributed by atoms with E-state index < -0.39 is 6.10 Å². The summed E-state index contributed by atoms with van der Waals surface area (Å²) in [4.78, 5) is 11.3. The lowest BCUT2D eigenvalue weighted by Gasteiger charge is -2.16. The topological polar surface area (TPSA) is 67.8 Å². The minimum Gasteiger partial charge on any atom is -0.490 e. The standard InChI is InChI=1S/C18H28BrNO4/c1-4-23-18(22)7-5-6-14-8-9-17(16(19)10-14)24-12-15(21)11-20-13(2)3/h8-10,13,15,20-21H,4-7,11-12H2,1-3H3. The maximum absolute atomic E-state index is 11.3. The third-order valence-corrected chi connectivity index (χ3v) is 3.96. The summed E-state index contributed by atoms with van der Waals surface area (Å²) in [6, 6.07) is 6.18. The number of rotatable bonds is 11. The Balaban J connectivity index is 2.39. The number of carbonyl (C=O) groups is 1. The van der Waals surface area contributed by atoms with Gasteiger partial charge in [-0.15, -0.1) is 0 Å². The highest BCUT2D eigenvalue weighted by Crippen LogP contribution is 2.26. The first-order valence-corrected chi connectivity index (χ1v) is 9.20. The van der Waals surface area contributed by atoms with Crippen LogP contribution in [0.5, 0.6) is 5.75 Å². The van der Waals surface area contributed by atoms with Gasteiger partial charge < -0.3 is 19.9 Å². The molecule has 1 unspecified atom stereocenters. The highest BCUT2D eigenvalue weighted by Gasteiger charge is 2.09. The van der Waals surface area contributed by atoms with Gasteiger partial charge in [-0.1, -0.05) is 19.9 Å². The zero-order valence-corrected chi connectivity index (χ0v) is 16.3. The van der Waals surface area contributed by atoms with Crippen molar-refractivity contribution < 1.29 is 19.4 Å². The number of aryl methyl sites for hydroxylation is 1. The first-order chi connectivity index (χ1) is 11.4. The molecule has 1 atom stereocenters. The van der Waals surface area contributed by atoms with Crippen LogP contribution in [0.15, 0.2) is 22.7 Å². The molecule has 2 N–H and O–H groups in total. The van der Waals surface area contributed by atoms with Crippen LogP contribution < -0.4 is 10.1 Å². The Bertz CT molecular complexity index is 508. The molecule has 1 aromatic rings. The SMILES string of the molecule is CCOC(=O)CCCc1ccc(OCC(O)CNC(C)C)c(Br)c1. The zero-order chi connectivity index (χ0) is 17.9. The monoisotopic (exact) mass is 401 g/mol. The predicted molar refractivity (Wildman–Crippen MR) is 98.4 cm³/mol. The molecule has 0 bridgehead atoms. The van der Waals surface area contributed by atoms with E-state index >= 15 is 0 Å². The Labute approximate surface area is 152 Å². The average molecular weight is 402 g/mol. The largest absolute Gasteiger partial charge is 0.490 e. The van der Waals surface area contributed by atoms with Crippen molar-refractivity contribution in [3.63, 3.8) is 0 Å². The summed E-state index contributed by atoms with van der Waals surface area (Å²) < 4.78 is 11.4. The Kier molecular flexibility index (Phi) is 9.98. The van der Waals surface area contributed by atoms with Crippen LogP contribution in [0.1, 0.15) is 39.2 Å². The highest BCUT2D eigenvalue weighted by molar-refractivity contribution is 9.10. The number of esters is 1. The van der Waals surface area contributed by atoms with Crippen LogP contribution in [0, 0.1) is 0 Å². The molecular weight excluding hydrogens is 374 g/mol. The fourth-order valence-electron chi connectivity index (χ4n) is 2.10. The fourth-order valence-corrected chi connectivity index (χ4v) is 2.64. The maximum atomic E-state index is 11.3. The second-order valence-electron chi connectivity index (χ2n) is 5.95. The number of ether oxygens (including phenoxy) is 2. The van der Waals surface area contributed by atoms with Gasteiger partial charge >= 0.3 is 5.97 Å². The van der Waals surface area contributed by atoms with E-state index in [2.05, 4.69) is 21.2 Å². The lowest BCUT2D eigenvalue weighted by Crippen LogP contribution is -2.35. The normalized spacial score (nSPS) is 12.2. The van der Waals surface area contributed by atoms with Crippen LogP contribution in [0.2, 0.25) is 0 Å². The average Bonchev–Trinajstić information content (AvgIpc) is 2.52. The Morgan fingerprint density at radius 1 is 1.38 bits per heavy atom. The molecular formula is C18H28BrNO4. The molecule has 1 aromatic carbocycles. The van der Waals surface area contributed by atoms with Crippen molar-refractivity contribution in [2.24, 2.45) is 0 Å². The van der Waals surface area contributed by atoms with Gasteiger partial charge in [0.15, 0.2) is 0 Å². The lowest BCUT2D eigenvalue weighted by molar-refractivity contribution is -0.143. The Morgan fingerprint density at radius 2 is 2.12 bits per heavy atom. The minimum absolute atomic E-state index is 0.152. The third-order valence-electron chi connectivity index (χ3n) is 3.34.